The van der Waals surface area contributed by atoms with Gasteiger partial charge in [0.1, 0.15) is 0 Å². The highest BCUT2D eigenvalue weighted by Crippen LogP contribution is 2.16. The number of morpholine rings is 1. The van der Waals surface area contributed by atoms with Crippen molar-refractivity contribution in [2.45, 2.75) is 33.3 Å². The smallest absolute Gasteiger partial charge is 0.227 e. The van der Waals surface area contributed by atoms with E-state index in [0.29, 0.717) is 0 Å². The van der Waals surface area contributed by atoms with E-state index in [0.717, 1.165) is 32.7 Å². The van der Waals surface area contributed by atoms with Crippen LogP contribution >= 0.6 is 0 Å². The highest BCUT2D eigenvalue weighted by Gasteiger charge is 2.25. The molecular formula is C12H24N2O2. The van der Waals surface area contributed by atoms with E-state index in [-0.39, 0.29) is 17.4 Å². The molecule has 0 spiro atoms. The van der Waals surface area contributed by atoms with Crippen molar-refractivity contribution in [3.05, 3.63) is 0 Å². The molecule has 0 saturated carbocycles. The molecule has 4 heteroatoms. The average molecular weight is 228 g/mol. The summed E-state index contributed by atoms with van der Waals surface area (Å²) in [6.07, 6.45) is 1.16. The molecule has 1 aliphatic rings. The van der Waals surface area contributed by atoms with E-state index in [1.807, 2.05) is 27.8 Å². The molecule has 0 bridgehead atoms. The average Bonchev–Trinajstić information content (AvgIpc) is 2.25. The second kappa shape index (κ2) is 5.64. The van der Waals surface area contributed by atoms with Gasteiger partial charge >= 0.3 is 0 Å². The molecule has 4 nitrogen and oxygen atoms in total. The summed E-state index contributed by atoms with van der Waals surface area (Å²) in [5, 5.41) is 3.29. The molecule has 1 amide bonds. The highest BCUT2D eigenvalue weighted by molar-refractivity contribution is 5.81. The largest absolute Gasteiger partial charge is 0.376 e. The predicted octanol–water partition coefficient (Wildman–Crippen LogP) is 0.869. The number of ether oxygens (including phenoxy) is 1. The topological polar surface area (TPSA) is 41.6 Å². The molecule has 1 aliphatic heterocycles. The van der Waals surface area contributed by atoms with Gasteiger partial charge in [0.15, 0.2) is 0 Å². The number of carbonyl (C=O) groups excluding carboxylic acids is 1. The minimum atomic E-state index is -0.291. The molecule has 0 aromatic carbocycles. The van der Waals surface area contributed by atoms with Crippen molar-refractivity contribution in [2.75, 3.05) is 33.3 Å². The van der Waals surface area contributed by atoms with Crippen LogP contribution in [0.4, 0.5) is 0 Å². The first-order valence-electron chi connectivity index (χ1n) is 5.99. The van der Waals surface area contributed by atoms with Crippen molar-refractivity contribution in [2.24, 2.45) is 5.41 Å². The van der Waals surface area contributed by atoms with Crippen molar-refractivity contribution < 1.29 is 9.53 Å². The second-order valence-corrected chi connectivity index (χ2v) is 5.46. The normalized spacial score (nSPS) is 21.9. The molecule has 1 N–H and O–H groups in total. The second-order valence-electron chi connectivity index (χ2n) is 5.46. The van der Waals surface area contributed by atoms with Gasteiger partial charge in [0.25, 0.3) is 0 Å². The minimum Gasteiger partial charge on any atom is -0.376 e. The fourth-order valence-corrected chi connectivity index (χ4v) is 1.82. The van der Waals surface area contributed by atoms with Crippen LogP contribution in [0.25, 0.3) is 0 Å². The Labute approximate surface area is 98.3 Å². The van der Waals surface area contributed by atoms with Crippen LogP contribution in [0.15, 0.2) is 0 Å². The van der Waals surface area contributed by atoms with Crippen LogP contribution in [-0.4, -0.2) is 50.2 Å². The van der Waals surface area contributed by atoms with Crippen LogP contribution in [0, 0.1) is 5.41 Å². The summed E-state index contributed by atoms with van der Waals surface area (Å²) in [6, 6.07) is 0. The van der Waals surface area contributed by atoms with Gasteiger partial charge in [0.05, 0.1) is 12.7 Å². The van der Waals surface area contributed by atoms with Gasteiger partial charge in [-0.2, -0.15) is 0 Å². The van der Waals surface area contributed by atoms with E-state index >= 15 is 0 Å². The lowest BCUT2D eigenvalue weighted by atomic mass is 9.95. The van der Waals surface area contributed by atoms with Crippen LogP contribution in [0.3, 0.4) is 0 Å². The van der Waals surface area contributed by atoms with Gasteiger partial charge in [-0.1, -0.05) is 20.8 Å². The van der Waals surface area contributed by atoms with E-state index in [9.17, 15) is 4.79 Å². The van der Waals surface area contributed by atoms with Crippen LogP contribution in [0.1, 0.15) is 27.2 Å². The van der Waals surface area contributed by atoms with E-state index in [4.69, 9.17) is 4.74 Å². The molecule has 0 radical (unpaired) electrons. The molecule has 1 unspecified atom stereocenters. The monoisotopic (exact) mass is 228 g/mol. The van der Waals surface area contributed by atoms with Gasteiger partial charge in [-0.15, -0.1) is 0 Å². The number of nitrogens with zero attached hydrogens (tertiary/aromatic N) is 1. The molecule has 0 aromatic heterocycles. The Balaban J connectivity index is 2.28. The summed E-state index contributed by atoms with van der Waals surface area (Å²) in [5.74, 6) is 0.191. The van der Waals surface area contributed by atoms with Crippen LogP contribution in [0.2, 0.25) is 0 Å². The summed E-state index contributed by atoms with van der Waals surface area (Å²) < 4.78 is 5.59. The SMILES string of the molecule is CN(CCC1CNCCO1)C(=O)C(C)(C)C. The quantitative estimate of drug-likeness (QED) is 0.779. The van der Waals surface area contributed by atoms with Crippen molar-refractivity contribution in [3.8, 4) is 0 Å². The van der Waals surface area contributed by atoms with Crippen molar-refractivity contribution in [3.63, 3.8) is 0 Å². The summed E-state index contributed by atoms with van der Waals surface area (Å²) in [6.45, 7) is 9.23. The predicted molar refractivity (Wildman–Crippen MR) is 64.3 cm³/mol. The third-order valence-corrected chi connectivity index (χ3v) is 2.78. The maximum absolute atomic E-state index is 11.9. The maximum Gasteiger partial charge on any atom is 0.227 e. The number of amides is 1. The molecule has 94 valence electrons. The minimum absolute atomic E-state index is 0.191. The highest BCUT2D eigenvalue weighted by atomic mass is 16.5. The Morgan fingerprint density at radius 2 is 2.19 bits per heavy atom. The van der Waals surface area contributed by atoms with Gasteiger partial charge in [0.2, 0.25) is 5.91 Å². The standard InChI is InChI=1S/C12H24N2O2/c1-12(2,3)11(15)14(4)7-5-10-9-13-6-8-16-10/h10,13H,5-9H2,1-4H3. The first-order valence-corrected chi connectivity index (χ1v) is 5.99. The Bertz CT molecular complexity index is 230. The van der Waals surface area contributed by atoms with Crippen LogP contribution in [0.5, 0.6) is 0 Å². The maximum atomic E-state index is 11.9. The molecule has 1 rings (SSSR count). The molecule has 1 heterocycles. The Morgan fingerprint density at radius 1 is 1.50 bits per heavy atom. The van der Waals surface area contributed by atoms with Crippen molar-refractivity contribution >= 4 is 5.91 Å². The molecule has 1 saturated heterocycles. The van der Waals surface area contributed by atoms with Crippen molar-refractivity contribution in [1.82, 2.24) is 10.2 Å². The summed E-state index contributed by atoms with van der Waals surface area (Å²) >= 11 is 0. The van der Waals surface area contributed by atoms with E-state index in [1.165, 1.54) is 0 Å². The van der Waals surface area contributed by atoms with Crippen LogP contribution in [-0.2, 0) is 9.53 Å². The lowest BCUT2D eigenvalue weighted by molar-refractivity contribution is -0.138. The lowest BCUT2D eigenvalue weighted by Crippen LogP contribution is -2.42. The van der Waals surface area contributed by atoms with Gasteiger partial charge in [-0.05, 0) is 6.42 Å². The number of carbonyl (C=O) groups is 1. The van der Waals surface area contributed by atoms with Gasteiger partial charge in [-0.25, -0.2) is 0 Å². The molecule has 16 heavy (non-hydrogen) atoms. The number of nitrogens with one attached hydrogen (secondary N) is 1. The first kappa shape index (κ1) is 13.5. The summed E-state index contributed by atoms with van der Waals surface area (Å²) in [5.41, 5.74) is -0.291. The molecule has 1 fully saturated rings. The molecular weight excluding hydrogens is 204 g/mol. The number of hydrogen-bond acceptors (Lipinski definition) is 3. The van der Waals surface area contributed by atoms with E-state index < -0.39 is 0 Å². The number of hydrogen-bond donors (Lipinski definition) is 1. The summed E-state index contributed by atoms with van der Waals surface area (Å²) in [7, 11) is 1.86. The molecule has 0 aliphatic carbocycles. The Hall–Kier alpha value is -0.610. The fraction of sp³-hybridized carbons (Fsp3) is 0.917. The van der Waals surface area contributed by atoms with Crippen molar-refractivity contribution in [1.29, 1.82) is 0 Å². The Kier molecular flexibility index (Phi) is 4.74. The van der Waals surface area contributed by atoms with Gasteiger partial charge in [-0.3, -0.25) is 4.79 Å². The fourth-order valence-electron chi connectivity index (χ4n) is 1.82. The lowest BCUT2D eigenvalue weighted by Gasteiger charge is -2.29. The summed E-state index contributed by atoms with van der Waals surface area (Å²) in [4.78, 5) is 13.7. The zero-order valence-electron chi connectivity index (χ0n) is 10.9. The van der Waals surface area contributed by atoms with Gasteiger partial charge < -0.3 is 15.0 Å². The van der Waals surface area contributed by atoms with Crippen LogP contribution < -0.4 is 5.32 Å². The Morgan fingerprint density at radius 3 is 2.69 bits per heavy atom. The van der Waals surface area contributed by atoms with E-state index in [1.54, 1.807) is 4.90 Å². The number of rotatable bonds is 3. The third kappa shape index (κ3) is 4.10. The van der Waals surface area contributed by atoms with Gasteiger partial charge in [0, 0.05) is 32.1 Å². The molecule has 0 aromatic rings. The van der Waals surface area contributed by atoms with E-state index in [2.05, 4.69) is 5.32 Å². The zero-order chi connectivity index (χ0) is 12.2. The first-order chi connectivity index (χ1) is 7.41. The third-order valence-electron chi connectivity index (χ3n) is 2.78. The molecule has 1 atom stereocenters. The zero-order valence-corrected chi connectivity index (χ0v) is 10.9.